The van der Waals surface area contributed by atoms with E-state index in [0.717, 1.165) is 26.7 Å². The molecule has 0 aliphatic rings. The van der Waals surface area contributed by atoms with E-state index in [0.29, 0.717) is 6.08 Å². The molecule has 1 atom stereocenters. The van der Waals surface area contributed by atoms with Crippen LogP contribution in [0.4, 0.5) is 13.2 Å². The van der Waals surface area contributed by atoms with Crippen molar-refractivity contribution in [3.8, 4) is 0 Å². The van der Waals surface area contributed by atoms with Gasteiger partial charge in [-0.1, -0.05) is 6.58 Å². The lowest BCUT2D eigenvalue weighted by Crippen LogP contribution is -2.35. The maximum absolute atomic E-state index is 14.2. The first-order valence-electron chi connectivity index (χ1n) is 6.26. The summed E-state index contributed by atoms with van der Waals surface area (Å²) in [6, 6.07) is 0. The summed E-state index contributed by atoms with van der Waals surface area (Å²) in [7, 11) is -7.66. The standard InChI is InChI=1S/C12H19F3O6P2/c1-6-11(13,22(2,3)18)9(16)20-7-8-21-10(17)12(14,15)23(4,5)19/h6H,1,7-8H2,2-5H3. The maximum atomic E-state index is 14.2. The Morgan fingerprint density at radius 2 is 1.35 bits per heavy atom. The van der Waals surface area contributed by atoms with Crippen molar-refractivity contribution < 1.29 is 41.4 Å². The Balaban J connectivity index is 4.63. The van der Waals surface area contributed by atoms with E-state index in [1.807, 2.05) is 0 Å². The van der Waals surface area contributed by atoms with E-state index in [-0.39, 0.29) is 0 Å². The molecule has 0 N–H and O–H groups in total. The summed E-state index contributed by atoms with van der Waals surface area (Å²) in [4.78, 5) is 22.7. The second kappa shape index (κ2) is 7.22. The molecule has 0 aliphatic heterocycles. The Morgan fingerprint density at radius 1 is 0.957 bits per heavy atom. The highest BCUT2D eigenvalue weighted by Crippen LogP contribution is 2.55. The minimum atomic E-state index is -4.18. The molecule has 0 amide bonds. The van der Waals surface area contributed by atoms with Gasteiger partial charge in [0.15, 0.2) is 7.14 Å². The van der Waals surface area contributed by atoms with Crippen LogP contribution < -0.4 is 0 Å². The number of carbonyl (C=O) groups is 2. The normalized spacial score (nSPS) is 15.4. The molecule has 11 heteroatoms. The van der Waals surface area contributed by atoms with Gasteiger partial charge in [-0.25, -0.2) is 14.0 Å². The Bertz CT molecular complexity index is 579. The molecule has 0 saturated heterocycles. The van der Waals surface area contributed by atoms with E-state index in [9.17, 15) is 31.9 Å². The molecule has 0 aromatic carbocycles. The first-order chi connectivity index (χ1) is 10.1. The smallest absolute Gasteiger partial charge is 0.391 e. The summed E-state index contributed by atoms with van der Waals surface area (Å²) in [6.07, 6.45) is 0.528. The van der Waals surface area contributed by atoms with Crippen LogP contribution >= 0.6 is 14.3 Å². The predicted octanol–water partition coefficient (Wildman–Crippen LogP) is 2.76. The van der Waals surface area contributed by atoms with Gasteiger partial charge in [-0.3, -0.25) is 0 Å². The maximum Gasteiger partial charge on any atom is 0.391 e. The van der Waals surface area contributed by atoms with Crippen LogP contribution in [-0.4, -0.2) is 62.9 Å². The summed E-state index contributed by atoms with van der Waals surface area (Å²) < 4.78 is 72.5. The van der Waals surface area contributed by atoms with Crippen molar-refractivity contribution in [3.63, 3.8) is 0 Å². The molecule has 0 spiro atoms. The zero-order valence-electron chi connectivity index (χ0n) is 13.2. The first-order valence-corrected chi connectivity index (χ1v) is 11.5. The fraction of sp³-hybridized carbons (Fsp3) is 0.667. The van der Waals surface area contributed by atoms with E-state index in [1.165, 1.54) is 0 Å². The molecular weight excluding hydrogens is 359 g/mol. The number of hydrogen-bond acceptors (Lipinski definition) is 6. The van der Waals surface area contributed by atoms with Crippen LogP contribution in [0.1, 0.15) is 0 Å². The molecule has 0 radical (unpaired) electrons. The molecular formula is C12H19F3O6P2. The minimum absolute atomic E-state index is 0.528. The second-order valence-electron chi connectivity index (χ2n) is 5.39. The molecule has 0 aliphatic carbocycles. The summed E-state index contributed by atoms with van der Waals surface area (Å²) in [5, 5.41) is -2.93. The molecule has 0 rings (SSSR count). The zero-order chi connectivity index (χ0) is 18.7. The number of esters is 2. The van der Waals surface area contributed by atoms with Crippen molar-refractivity contribution in [2.75, 3.05) is 39.9 Å². The van der Waals surface area contributed by atoms with Gasteiger partial charge in [-0.2, -0.15) is 8.78 Å². The highest BCUT2D eigenvalue weighted by molar-refractivity contribution is 7.65. The highest BCUT2D eigenvalue weighted by atomic mass is 31.2. The van der Waals surface area contributed by atoms with E-state index >= 15 is 0 Å². The average molecular weight is 378 g/mol. The lowest BCUT2D eigenvalue weighted by Gasteiger charge is -2.23. The lowest BCUT2D eigenvalue weighted by molar-refractivity contribution is -0.166. The van der Waals surface area contributed by atoms with Gasteiger partial charge in [-0.15, -0.1) is 0 Å². The van der Waals surface area contributed by atoms with Crippen molar-refractivity contribution in [3.05, 3.63) is 12.7 Å². The summed E-state index contributed by atoms with van der Waals surface area (Å²) in [5.41, 5.74) is -4.18. The molecule has 23 heavy (non-hydrogen) atoms. The third-order valence-corrected chi connectivity index (χ3v) is 6.28. The summed E-state index contributed by atoms with van der Waals surface area (Å²) in [6.45, 7) is 4.99. The van der Waals surface area contributed by atoms with Crippen LogP contribution in [0.2, 0.25) is 0 Å². The topological polar surface area (TPSA) is 86.7 Å². The molecule has 0 aromatic heterocycles. The Labute approximate surface area is 132 Å². The van der Waals surface area contributed by atoms with Crippen LogP contribution in [0.25, 0.3) is 0 Å². The third kappa shape index (κ3) is 4.95. The van der Waals surface area contributed by atoms with Crippen LogP contribution in [0.15, 0.2) is 12.7 Å². The predicted molar refractivity (Wildman–Crippen MR) is 79.8 cm³/mol. The van der Waals surface area contributed by atoms with Gasteiger partial charge in [0, 0.05) is 0 Å². The summed E-state index contributed by atoms with van der Waals surface area (Å²) >= 11 is 0. The van der Waals surface area contributed by atoms with Crippen molar-refractivity contribution in [2.45, 2.75) is 11.1 Å². The number of carbonyl (C=O) groups excluding carboxylic acids is 2. The molecule has 0 heterocycles. The highest BCUT2D eigenvalue weighted by Gasteiger charge is 2.52. The van der Waals surface area contributed by atoms with Gasteiger partial charge in [0.05, 0.1) is 0 Å². The van der Waals surface area contributed by atoms with Crippen LogP contribution in [0, 0.1) is 0 Å². The van der Waals surface area contributed by atoms with Gasteiger partial charge in [0.2, 0.25) is 0 Å². The second-order valence-corrected chi connectivity index (χ2v) is 12.0. The average Bonchev–Trinajstić information content (AvgIpc) is 2.39. The van der Waals surface area contributed by atoms with Gasteiger partial charge in [-0.05, 0) is 32.7 Å². The molecule has 134 valence electrons. The van der Waals surface area contributed by atoms with E-state index in [4.69, 9.17) is 0 Å². The van der Waals surface area contributed by atoms with Crippen molar-refractivity contribution in [1.29, 1.82) is 0 Å². The number of halogens is 3. The van der Waals surface area contributed by atoms with Gasteiger partial charge in [0.1, 0.15) is 20.4 Å². The minimum Gasteiger partial charge on any atom is -0.459 e. The number of ether oxygens (including phenoxy) is 2. The van der Waals surface area contributed by atoms with Crippen LogP contribution in [0.5, 0.6) is 0 Å². The van der Waals surface area contributed by atoms with Gasteiger partial charge >= 0.3 is 17.6 Å². The van der Waals surface area contributed by atoms with Gasteiger partial charge in [0.25, 0.3) is 5.41 Å². The molecule has 0 aromatic rings. The summed E-state index contributed by atoms with van der Waals surface area (Å²) in [5.74, 6) is -3.56. The Hall–Kier alpha value is -1.07. The molecule has 0 saturated carbocycles. The van der Waals surface area contributed by atoms with Crippen LogP contribution in [0.3, 0.4) is 0 Å². The van der Waals surface area contributed by atoms with Crippen molar-refractivity contribution in [1.82, 2.24) is 0 Å². The molecule has 1 unspecified atom stereocenters. The lowest BCUT2D eigenvalue weighted by atomic mass is 10.4. The quantitative estimate of drug-likeness (QED) is 0.279. The number of hydrogen-bond donors (Lipinski definition) is 0. The first kappa shape index (κ1) is 21.9. The molecule has 0 fully saturated rings. The SMILES string of the molecule is C=CC(F)(C(=O)OCCOC(=O)C(F)(F)P(C)(C)=O)P(C)(C)=O. The van der Waals surface area contributed by atoms with E-state index in [1.54, 1.807) is 0 Å². The van der Waals surface area contributed by atoms with E-state index in [2.05, 4.69) is 16.1 Å². The largest absolute Gasteiger partial charge is 0.459 e. The van der Waals surface area contributed by atoms with Gasteiger partial charge < -0.3 is 18.6 Å². The van der Waals surface area contributed by atoms with Crippen molar-refractivity contribution in [2.24, 2.45) is 0 Å². The van der Waals surface area contributed by atoms with Crippen molar-refractivity contribution >= 4 is 26.2 Å². The monoisotopic (exact) mass is 378 g/mol. The fourth-order valence-corrected chi connectivity index (χ4v) is 2.65. The number of rotatable bonds is 8. The number of alkyl halides is 3. The Morgan fingerprint density at radius 3 is 1.65 bits per heavy atom. The van der Waals surface area contributed by atoms with Crippen LogP contribution in [-0.2, 0) is 28.2 Å². The Kier molecular flexibility index (Phi) is 6.89. The fourth-order valence-electron chi connectivity index (χ4n) is 1.20. The van der Waals surface area contributed by atoms with E-state index < -0.39 is 50.5 Å². The third-order valence-electron chi connectivity index (χ3n) is 2.81. The zero-order valence-corrected chi connectivity index (χ0v) is 15.0. The molecule has 0 bridgehead atoms. The molecule has 6 nitrogen and oxygen atoms in total.